The van der Waals surface area contributed by atoms with Crippen molar-refractivity contribution in [3.05, 3.63) is 29.3 Å². The molecule has 0 aliphatic heterocycles. The van der Waals surface area contributed by atoms with Gasteiger partial charge >= 0.3 is 0 Å². The normalized spacial score (nSPS) is 12.1. The molecular formula is C14H22N2O2. The van der Waals surface area contributed by atoms with Crippen molar-refractivity contribution in [1.29, 1.82) is 0 Å². The molecular weight excluding hydrogens is 228 g/mol. The van der Waals surface area contributed by atoms with Crippen LogP contribution >= 0.6 is 0 Å². The molecule has 0 heterocycles. The summed E-state index contributed by atoms with van der Waals surface area (Å²) in [5, 5.41) is 12.0. The van der Waals surface area contributed by atoms with Crippen molar-refractivity contribution in [2.24, 2.45) is 5.92 Å². The number of nitrogens with one attached hydrogen (secondary N) is 1. The van der Waals surface area contributed by atoms with Crippen LogP contribution in [0.1, 0.15) is 18.1 Å². The molecule has 1 rings (SSSR count). The lowest BCUT2D eigenvalue weighted by molar-refractivity contribution is -0.123. The van der Waals surface area contributed by atoms with Crippen molar-refractivity contribution < 1.29 is 9.90 Å². The van der Waals surface area contributed by atoms with Gasteiger partial charge in [-0.3, -0.25) is 4.79 Å². The molecule has 4 nitrogen and oxygen atoms in total. The fourth-order valence-electron chi connectivity index (χ4n) is 2.05. The van der Waals surface area contributed by atoms with E-state index in [1.54, 1.807) is 7.05 Å². The number of rotatable bonds is 5. The maximum absolute atomic E-state index is 11.5. The van der Waals surface area contributed by atoms with Gasteiger partial charge in [0.15, 0.2) is 0 Å². The van der Waals surface area contributed by atoms with Crippen LogP contribution in [0.15, 0.2) is 18.2 Å². The maximum atomic E-state index is 11.5. The predicted molar refractivity (Wildman–Crippen MR) is 73.6 cm³/mol. The first-order valence-corrected chi connectivity index (χ1v) is 6.12. The molecule has 0 aromatic heterocycles. The van der Waals surface area contributed by atoms with Gasteiger partial charge in [-0.25, -0.2) is 0 Å². The highest BCUT2D eigenvalue weighted by Gasteiger charge is 2.15. The van der Waals surface area contributed by atoms with E-state index in [4.69, 9.17) is 0 Å². The summed E-state index contributed by atoms with van der Waals surface area (Å²) in [7, 11) is 3.58. The monoisotopic (exact) mass is 250 g/mol. The molecule has 1 unspecified atom stereocenters. The smallest absolute Gasteiger partial charge is 0.224 e. The van der Waals surface area contributed by atoms with Gasteiger partial charge in [-0.05, 0) is 13.0 Å². The SMILES string of the molecule is CNC(=O)C(C)CN(C)c1ccc(C)cc1CO. The number of carbonyl (C=O) groups is 1. The van der Waals surface area contributed by atoms with Gasteiger partial charge in [-0.15, -0.1) is 0 Å². The van der Waals surface area contributed by atoms with Gasteiger partial charge in [-0.2, -0.15) is 0 Å². The van der Waals surface area contributed by atoms with E-state index >= 15 is 0 Å². The zero-order valence-electron chi connectivity index (χ0n) is 11.5. The van der Waals surface area contributed by atoms with Gasteiger partial charge in [0, 0.05) is 31.9 Å². The van der Waals surface area contributed by atoms with Crippen molar-refractivity contribution in [2.45, 2.75) is 20.5 Å². The van der Waals surface area contributed by atoms with Crippen molar-refractivity contribution in [3.63, 3.8) is 0 Å². The second-order valence-corrected chi connectivity index (χ2v) is 4.69. The Hall–Kier alpha value is -1.55. The molecule has 0 aliphatic rings. The lowest BCUT2D eigenvalue weighted by Crippen LogP contribution is -2.34. The molecule has 0 aliphatic carbocycles. The van der Waals surface area contributed by atoms with E-state index in [9.17, 15) is 9.90 Å². The highest BCUT2D eigenvalue weighted by molar-refractivity contribution is 5.78. The van der Waals surface area contributed by atoms with Crippen molar-refractivity contribution >= 4 is 11.6 Å². The van der Waals surface area contributed by atoms with E-state index in [0.717, 1.165) is 16.8 Å². The van der Waals surface area contributed by atoms with E-state index in [1.807, 2.05) is 44.0 Å². The molecule has 1 atom stereocenters. The molecule has 100 valence electrons. The number of aliphatic hydroxyl groups excluding tert-OH is 1. The fourth-order valence-corrected chi connectivity index (χ4v) is 2.05. The molecule has 1 aromatic carbocycles. The van der Waals surface area contributed by atoms with Crippen LogP contribution in [0.2, 0.25) is 0 Å². The Morgan fingerprint density at radius 1 is 1.50 bits per heavy atom. The third-order valence-corrected chi connectivity index (χ3v) is 3.06. The van der Waals surface area contributed by atoms with E-state index < -0.39 is 0 Å². The summed E-state index contributed by atoms with van der Waals surface area (Å²) in [6.45, 7) is 4.52. The van der Waals surface area contributed by atoms with Crippen LogP contribution in [-0.4, -0.2) is 31.7 Å². The molecule has 0 spiro atoms. The van der Waals surface area contributed by atoms with Crippen LogP contribution in [0, 0.1) is 12.8 Å². The van der Waals surface area contributed by atoms with Crippen LogP contribution in [0.5, 0.6) is 0 Å². The Labute approximate surface area is 109 Å². The molecule has 0 saturated carbocycles. The molecule has 0 bridgehead atoms. The second kappa shape index (κ2) is 6.40. The van der Waals surface area contributed by atoms with E-state index in [0.29, 0.717) is 6.54 Å². The number of nitrogens with zero attached hydrogens (tertiary/aromatic N) is 1. The third kappa shape index (κ3) is 3.47. The summed E-state index contributed by atoms with van der Waals surface area (Å²) in [6.07, 6.45) is 0. The molecule has 2 N–H and O–H groups in total. The average Bonchev–Trinajstić information content (AvgIpc) is 2.37. The summed E-state index contributed by atoms with van der Waals surface area (Å²) in [4.78, 5) is 13.5. The number of aliphatic hydroxyl groups is 1. The lowest BCUT2D eigenvalue weighted by Gasteiger charge is -2.25. The number of amides is 1. The van der Waals surface area contributed by atoms with Crippen LogP contribution in [0.4, 0.5) is 5.69 Å². The number of anilines is 1. The minimum atomic E-state index is -0.0900. The Balaban J connectivity index is 2.83. The molecule has 18 heavy (non-hydrogen) atoms. The molecule has 0 fully saturated rings. The van der Waals surface area contributed by atoms with Gasteiger partial charge < -0.3 is 15.3 Å². The summed E-state index contributed by atoms with van der Waals surface area (Å²) in [6, 6.07) is 5.96. The average molecular weight is 250 g/mol. The highest BCUT2D eigenvalue weighted by Crippen LogP contribution is 2.21. The van der Waals surface area contributed by atoms with Gasteiger partial charge in [-0.1, -0.05) is 24.6 Å². The Bertz CT molecular complexity index is 418. The Kier molecular flexibility index (Phi) is 5.16. The van der Waals surface area contributed by atoms with Gasteiger partial charge in [0.2, 0.25) is 5.91 Å². The number of benzene rings is 1. The van der Waals surface area contributed by atoms with E-state index in [2.05, 4.69) is 5.32 Å². The minimum Gasteiger partial charge on any atom is -0.392 e. The lowest BCUT2D eigenvalue weighted by atomic mass is 10.1. The molecule has 4 heteroatoms. The van der Waals surface area contributed by atoms with Crippen molar-refractivity contribution in [2.75, 3.05) is 25.5 Å². The van der Waals surface area contributed by atoms with Crippen LogP contribution < -0.4 is 10.2 Å². The minimum absolute atomic E-state index is 0.00963. The van der Waals surface area contributed by atoms with Crippen LogP contribution in [0.25, 0.3) is 0 Å². The first-order valence-electron chi connectivity index (χ1n) is 6.12. The second-order valence-electron chi connectivity index (χ2n) is 4.69. The van der Waals surface area contributed by atoms with Crippen molar-refractivity contribution in [1.82, 2.24) is 5.32 Å². The zero-order valence-corrected chi connectivity index (χ0v) is 11.5. The van der Waals surface area contributed by atoms with Crippen LogP contribution in [0.3, 0.4) is 0 Å². The molecule has 0 radical (unpaired) electrons. The predicted octanol–water partition coefficient (Wildman–Crippen LogP) is 1.31. The fraction of sp³-hybridized carbons (Fsp3) is 0.500. The van der Waals surface area contributed by atoms with E-state index in [-0.39, 0.29) is 18.4 Å². The number of aryl methyl sites for hydroxylation is 1. The highest BCUT2D eigenvalue weighted by atomic mass is 16.3. The summed E-state index contributed by atoms with van der Waals surface area (Å²) in [5.41, 5.74) is 2.98. The first kappa shape index (κ1) is 14.5. The number of hydrogen-bond donors (Lipinski definition) is 2. The van der Waals surface area contributed by atoms with Gasteiger partial charge in [0.05, 0.1) is 12.5 Å². The Morgan fingerprint density at radius 2 is 2.17 bits per heavy atom. The zero-order chi connectivity index (χ0) is 13.7. The van der Waals surface area contributed by atoms with E-state index in [1.165, 1.54) is 0 Å². The molecule has 1 amide bonds. The quantitative estimate of drug-likeness (QED) is 0.828. The largest absolute Gasteiger partial charge is 0.392 e. The van der Waals surface area contributed by atoms with Crippen LogP contribution in [-0.2, 0) is 11.4 Å². The van der Waals surface area contributed by atoms with Gasteiger partial charge in [0.25, 0.3) is 0 Å². The topological polar surface area (TPSA) is 52.6 Å². The summed E-state index contributed by atoms with van der Waals surface area (Å²) < 4.78 is 0. The summed E-state index contributed by atoms with van der Waals surface area (Å²) in [5.74, 6) is -0.0626. The maximum Gasteiger partial charge on any atom is 0.224 e. The molecule has 0 saturated heterocycles. The molecule has 1 aromatic rings. The third-order valence-electron chi connectivity index (χ3n) is 3.06. The van der Waals surface area contributed by atoms with Crippen molar-refractivity contribution in [3.8, 4) is 0 Å². The number of carbonyl (C=O) groups excluding carboxylic acids is 1. The Morgan fingerprint density at radius 3 is 2.72 bits per heavy atom. The van der Waals surface area contributed by atoms with Gasteiger partial charge in [0.1, 0.15) is 0 Å². The standard InChI is InChI=1S/C14H22N2O2/c1-10-5-6-13(12(7-10)9-17)16(4)8-11(2)14(18)15-3/h5-7,11,17H,8-9H2,1-4H3,(H,15,18). The number of hydrogen-bond acceptors (Lipinski definition) is 3. The summed E-state index contributed by atoms with van der Waals surface area (Å²) >= 11 is 0. The first-order chi connectivity index (χ1) is 8.49.